The predicted molar refractivity (Wildman–Crippen MR) is 44.5 cm³/mol. The van der Waals surface area contributed by atoms with E-state index in [4.69, 9.17) is 0 Å². The second-order valence-electron chi connectivity index (χ2n) is 4.19. The second-order valence-corrected chi connectivity index (χ2v) is 4.19. The van der Waals surface area contributed by atoms with Gasteiger partial charge in [-0.25, -0.2) is 0 Å². The lowest BCUT2D eigenvalue weighted by atomic mass is 9.84. The Kier molecular flexibility index (Phi) is 2.35. The molecule has 1 aliphatic heterocycles. The summed E-state index contributed by atoms with van der Waals surface area (Å²) < 4.78 is 0. The molecule has 1 radical (unpaired) electrons. The Hall–Kier alpha value is -0.0400. The molecule has 0 aromatic rings. The lowest BCUT2D eigenvalue weighted by Crippen LogP contribution is -2.20. The minimum absolute atomic E-state index is 0.399. The van der Waals surface area contributed by atoms with Crippen molar-refractivity contribution in [2.45, 2.75) is 33.6 Å². The number of hydrogen-bond acceptors (Lipinski definition) is 1. The third-order valence-corrected chi connectivity index (χ3v) is 2.15. The largest absolute Gasteiger partial charge is 0.312 e. The van der Waals surface area contributed by atoms with Gasteiger partial charge in [-0.15, -0.1) is 0 Å². The van der Waals surface area contributed by atoms with Crippen LogP contribution in [0.1, 0.15) is 33.6 Å². The third kappa shape index (κ3) is 2.30. The van der Waals surface area contributed by atoms with Gasteiger partial charge in [-0.05, 0) is 30.7 Å². The zero-order valence-electron chi connectivity index (χ0n) is 7.28. The van der Waals surface area contributed by atoms with Crippen molar-refractivity contribution in [3.8, 4) is 0 Å². The fraction of sp³-hybridized carbons (Fsp3) is 0.889. The SMILES string of the molecule is CC1CCN[CH]C(C)(C)C1. The minimum Gasteiger partial charge on any atom is -0.312 e. The number of rotatable bonds is 0. The first-order chi connectivity index (χ1) is 4.60. The zero-order chi connectivity index (χ0) is 7.61. The molecule has 1 N–H and O–H groups in total. The van der Waals surface area contributed by atoms with E-state index >= 15 is 0 Å². The Bertz CT molecular complexity index is 107. The van der Waals surface area contributed by atoms with Gasteiger partial charge >= 0.3 is 0 Å². The van der Waals surface area contributed by atoms with Crippen molar-refractivity contribution in [1.29, 1.82) is 0 Å². The van der Waals surface area contributed by atoms with Crippen LogP contribution in [-0.4, -0.2) is 6.54 Å². The van der Waals surface area contributed by atoms with E-state index in [0.29, 0.717) is 5.41 Å². The average Bonchev–Trinajstić information content (AvgIpc) is 1.90. The summed E-state index contributed by atoms with van der Waals surface area (Å²) in [6.45, 7) is 10.3. The third-order valence-electron chi connectivity index (χ3n) is 2.15. The van der Waals surface area contributed by atoms with Crippen molar-refractivity contribution in [2.75, 3.05) is 6.54 Å². The summed E-state index contributed by atoms with van der Waals surface area (Å²) in [6, 6.07) is 0. The highest BCUT2D eigenvalue weighted by molar-refractivity contribution is 4.87. The Morgan fingerprint density at radius 3 is 2.90 bits per heavy atom. The van der Waals surface area contributed by atoms with E-state index in [2.05, 4.69) is 32.6 Å². The van der Waals surface area contributed by atoms with E-state index in [1.54, 1.807) is 0 Å². The molecule has 59 valence electrons. The molecule has 0 aromatic heterocycles. The van der Waals surface area contributed by atoms with Crippen LogP contribution in [-0.2, 0) is 0 Å². The highest BCUT2D eigenvalue weighted by Crippen LogP contribution is 2.30. The standard InChI is InChI=1S/C9H18N/c1-8-4-5-10-7-9(2,3)6-8/h7-8,10H,4-6H2,1-3H3. The van der Waals surface area contributed by atoms with Crippen LogP contribution in [0.25, 0.3) is 0 Å². The van der Waals surface area contributed by atoms with Crippen LogP contribution < -0.4 is 5.32 Å². The van der Waals surface area contributed by atoms with Crippen molar-refractivity contribution < 1.29 is 0 Å². The summed E-state index contributed by atoms with van der Waals surface area (Å²) >= 11 is 0. The molecule has 0 aromatic carbocycles. The Balaban J connectivity index is 2.46. The lowest BCUT2D eigenvalue weighted by Gasteiger charge is -2.23. The van der Waals surface area contributed by atoms with E-state index < -0.39 is 0 Å². The van der Waals surface area contributed by atoms with Gasteiger partial charge in [0.25, 0.3) is 0 Å². The van der Waals surface area contributed by atoms with E-state index in [0.717, 1.165) is 12.5 Å². The van der Waals surface area contributed by atoms with Crippen LogP contribution in [0.3, 0.4) is 0 Å². The molecule has 0 amide bonds. The molecule has 1 rings (SSSR count). The van der Waals surface area contributed by atoms with Gasteiger partial charge in [0.1, 0.15) is 0 Å². The maximum atomic E-state index is 3.34. The van der Waals surface area contributed by atoms with Gasteiger partial charge in [0.15, 0.2) is 0 Å². The summed E-state index contributed by atoms with van der Waals surface area (Å²) in [6.07, 6.45) is 2.64. The summed E-state index contributed by atoms with van der Waals surface area (Å²) in [7, 11) is 0. The summed E-state index contributed by atoms with van der Waals surface area (Å²) in [4.78, 5) is 0. The molecule has 0 saturated carbocycles. The molecule has 0 bridgehead atoms. The smallest absolute Gasteiger partial charge is 0.0277 e. The monoisotopic (exact) mass is 140 g/mol. The van der Waals surface area contributed by atoms with E-state index in [-0.39, 0.29) is 0 Å². The van der Waals surface area contributed by atoms with Crippen LogP contribution >= 0.6 is 0 Å². The van der Waals surface area contributed by atoms with Gasteiger partial charge in [0, 0.05) is 6.54 Å². The second kappa shape index (κ2) is 2.91. The van der Waals surface area contributed by atoms with Crippen LogP contribution in [0.2, 0.25) is 0 Å². The molecule has 1 fully saturated rings. The topological polar surface area (TPSA) is 12.0 Å². The molecule has 1 heterocycles. The molecule has 1 nitrogen and oxygen atoms in total. The Morgan fingerprint density at radius 2 is 2.20 bits per heavy atom. The van der Waals surface area contributed by atoms with Crippen molar-refractivity contribution >= 4 is 0 Å². The van der Waals surface area contributed by atoms with Crippen LogP contribution in [0.5, 0.6) is 0 Å². The lowest BCUT2D eigenvalue weighted by molar-refractivity contribution is 0.333. The van der Waals surface area contributed by atoms with Gasteiger partial charge in [-0.1, -0.05) is 20.8 Å². The minimum atomic E-state index is 0.399. The molecule has 1 aliphatic rings. The molecule has 1 saturated heterocycles. The Morgan fingerprint density at radius 1 is 1.50 bits per heavy atom. The molecule has 0 spiro atoms. The van der Waals surface area contributed by atoms with Gasteiger partial charge in [-0.2, -0.15) is 0 Å². The van der Waals surface area contributed by atoms with Crippen molar-refractivity contribution in [1.82, 2.24) is 5.32 Å². The summed E-state index contributed by atoms with van der Waals surface area (Å²) in [5.41, 5.74) is 0.399. The molecule has 0 aliphatic carbocycles. The van der Waals surface area contributed by atoms with Crippen LogP contribution in [0.15, 0.2) is 0 Å². The zero-order valence-corrected chi connectivity index (χ0v) is 7.28. The van der Waals surface area contributed by atoms with E-state index in [1.165, 1.54) is 12.8 Å². The van der Waals surface area contributed by atoms with Gasteiger partial charge in [0.05, 0.1) is 0 Å². The molecule has 10 heavy (non-hydrogen) atoms. The number of hydrogen-bond donors (Lipinski definition) is 1. The van der Waals surface area contributed by atoms with Crippen LogP contribution in [0, 0.1) is 17.9 Å². The maximum Gasteiger partial charge on any atom is 0.0277 e. The fourth-order valence-corrected chi connectivity index (χ4v) is 1.74. The highest BCUT2D eigenvalue weighted by atomic mass is 14.9. The molecular formula is C9H18N. The van der Waals surface area contributed by atoms with Crippen molar-refractivity contribution in [2.24, 2.45) is 11.3 Å². The summed E-state index contributed by atoms with van der Waals surface area (Å²) in [5, 5.41) is 3.34. The average molecular weight is 140 g/mol. The van der Waals surface area contributed by atoms with Gasteiger partial charge in [-0.3, -0.25) is 0 Å². The fourth-order valence-electron chi connectivity index (χ4n) is 1.74. The normalized spacial score (nSPS) is 33.3. The highest BCUT2D eigenvalue weighted by Gasteiger charge is 2.23. The molecule has 1 unspecified atom stereocenters. The van der Waals surface area contributed by atoms with E-state index in [9.17, 15) is 0 Å². The first-order valence-corrected chi connectivity index (χ1v) is 4.18. The van der Waals surface area contributed by atoms with Gasteiger partial charge < -0.3 is 5.32 Å². The van der Waals surface area contributed by atoms with Crippen molar-refractivity contribution in [3.63, 3.8) is 0 Å². The van der Waals surface area contributed by atoms with E-state index in [1.807, 2.05) is 0 Å². The molecule has 1 heteroatoms. The first-order valence-electron chi connectivity index (χ1n) is 4.18. The first kappa shape index (κ1) is 8.06. The Labute approximate surface area is 64.2 Å². The quantitative estimate of drug-likeness (QED) is 0.544. The predicted octanol–water partition coefficient (Wildman–Crippen LogP) is 2.19. The molecule has 1 atom stereocenters. The van der Waals surface area contributed by atoms with Crippen molar-refractivity contribution in [3.05, 3.63) is 6.54 Å². The molecular weight excluding hydrogens is 122 g/mol. The number of nitrogens with one attached hydrogen (secondary N) is 1. The summed E-state index contributed by atoms with van der Waals surface area (Å²) in [5.74, 6) is 0.876. The van der Waals surface area contributed by atoms with Gasteiger partial charge in [0.2, 0.25) is 0 Å². The maximum absolute atomic E-state index is 3.34. The van der Waals surface area contributed by atoms with Crippen LogP contribution in [0.4, 0.5) is 0 Å².